The maximum Gasteiger partial charge on any atom is 0.311 e. The van der Waals surface area contributed by atoms with E-state index in [0.717, 1.165) is 5.56 Å². The molecule has 6 heteroatoms. The molecule has 19 heavy (non-hydrogen) atoms. The van der Waals surface area contributed by atoms with Crippen LogP contribution in [0.2, 0.25) is 0 Å². The van der Waals surface area contributed by atoms with Crippen LogP contribution in [-0.4, -0.2) is 46.9 Å². The minimum atomic E-state index is -3.54. The molecule has 1 aliphatic rings. The molecule has 5 nitrogen and oxygen atoms in total. The number of carboxylic acids is 1. The van der Waals surface area contributed by atoms with Crippen LogP contribution in [0.15, 0.2) is 24.3 Å². The lowest BCUT2D eigenvalue weighted by Gasteiger charge is -2.25. The van der Waals surface area contributed by atoms with E-state index in [0.29, 0.717) is 12.0 Å². The summed E-state index contributed by atoms with van der Waals surface area (Å²) in [5.41, 5.74) is 0.811. The van der Waals surface area contributed by atoms with Gasteiger partial charge in [-0.3, -0.25) is 9.36 Å². The van der Waals surface area contributed by atoms with Gasteiger partial charge in [0.15, 0.2) is 0 Å². The number of nitrogens with zero attached hydrogens (tertiary/aromatic N) is 1. The molecule has 0 bridgehead atoms. The largest absolute Gasteiger partial charge is 0.481 e. The van der Waals surface area contributed by atoms with Gasteiger partial charge in [-0.05, 0) is 31.6 Å². The molecular formula is C13H18NO4P. The predicted octanol–water partition coefficient (Wildman–Crippen LogP) is 1.57. The monoisotopic (exact) mass is 283 g/mol. The fourth-order valence-electron chi connectivity index (χ4n) is 2.76. The number of hydrogen-bond donors (Lipinski definition) is 2. The Balaban J connectivity index is 2.39. The Labute approximate surface area is 112 Å². The Morgan fingerprint density at radius 2 is 2.05 bits per heavy atom. The summed E-state index contributed by atoms with van der Waals surface area (Å²) < 4.78 is 12.5. The molecular weight excluding hydrogens is 265 g/mol. The smallest absolute Gasteiger partial charge is 0.311 e. The molecule has 0 saturated heterocycles. The third kappa shape index (κ3) is 2.73. The van der Waals surface area contributed by atoms with Crippen LogP contribution in [-0.2, 0) is 15.8 Å². The highest BCUT2D eigenvalue weighted by Crippen LogP contribution is 2.56. The van der Waals surface area contributed by atoms with Crippen molar-refractivity contribution >= 4 is 13.3 Å². The Kier molecular flexibility index (Phi) is 3.81. The summed E-state index contributed by atoms with van der Waals surface area (Å²) in [6, 6.07) is 7.17. The summed E-state index contributed by atoms with van der Waals surface area (Å²) in [7, 11) is -0.126. The van der Waals surface area contributed by atoms with Gasteiger partial charge in [0.25, 0.3) is 0 Å². The van der Waals surface area contributed by atoms with Gasteiger partial charge in [-0.25, -0.2) is 0 Å². The van der Waals surface area contributed by atoms with E-state index in [4.69, 9.17) is 0 Å². The SMILES string of the molecule is CN(C)CP(=O)(O)C1Cc2ccccc2C1C(=O)O. The summed E-state index contributed by atoms with van der Waals surface area (Å²) in [4.78, 5) is 23.3. The first-order valence-electron chi connectivity index (χ1n) is 6.10. The van der Waals surface area contributed by atoms with Gasteiger partial charge < -0.3 is 14.9 Å². The molecule has 0 aromatic heterocycles. The lowest BCUT2D eigenvalue weighted by molar-refractivity contribution is -0.138. The van der Waals surface area contributed by atoms with Gasteiger partial charge in [0.05, 0.1) is 17.9 Å². The van der Waals surface area contributed by atoms with E-state index in [1.807, 2.05) is 12.1 Å². The Bertz CT molecular complexity index is 543. The summed E-state index contributed by atoms with van der Waals surface area (Å²) in [6.45, 7) is 0. The van der Waals surface area contributed by atoms with Crippen LogP contribution in [0.4, 0.5) is 0 Å². The van der Waals surface area contributed by atoms with Crippen molar-refractivity contribution in [3.63, 3.8) is 0 Å². The van der Waals surface area contributed by atoms with E-state index >= 15 is 0 Å². The number of carboxylic acid groups (broad SMARTS) is 1. The molecule has 1 aromatic rings. The van der Waals surface area contributed by atoms with Gasteiger partial charge in [0, 0.05) is 0 Å². The van der Waals surface area contributed by atoms with E-state index in [1.165, 1.54) is 0 Å². The molecule has 1 aliphatic carbocycles. The third-order valence-electron chi connectivity index (χ3n) is 3.47. The Morgan fingerprint density at radius 1 is 1.42 bits per heavy atom. The molecule has 3 unspecified atom stereocenters. The van der Waals surface area contributed by atoms with Gasteiger partial charge in [-0.15, -0.1) is 0 Å². The zero-order chi connectivity index (χ0) is 14.2. The standard InChI is InChI=1S/C13H18NO4P/c1-14(2)8-19(17,18)11-7-9-5-3-4-6-10(9)12(11)13(15)16/h3-6,11-12H,7-8H2,1-2H3,(H,15,16)(H,17,18). The lowest BCUT2D eigenvalue weighted by atomic mass is 10.0. The van der Waals surface area contributed by atoms with Gasteiger partial charge in [0.1, 0.15) is 0 Å². The minimum absolute atomic E-state index is 0.00936. The molecule has 104 valence electrons. The van der Waals surface area contributed by atoms with Crippen molar-refractivity contribution in [3.05, 3.63) is 35.4 Å². The second kappa shape index (κ2) is 5.08. The highest BCUT2D eigenvalue weighted by Gasteiger charge is 2.47. The van der Waals surface area contributed by atoms with E-state index < -0.39 is 24.9 Å². The topological polar surface area (TPSA) is 77.8 Å². The van der Waals surface area contributed by atoms with Crippen molar-refractivity contribution in [1.82, 2.24) is 4.90 Å². The van der Waals surface area contributed by atoms with E-state index in [2.05, 4.69) is 0 Å². The third-order valence-corrected chi connectivity index (χ3v) is 5.96. The molecule has 0 spiro atoms. The quantitative estimate of drug-likeness (QED) is 0.820. The number of benzene rings is 1. The van der Waals surface area contributed by atoms with Crippen LogP contribution in [0.5, 0.6) is 0 Å². The maximum atomic E-state index is 12.5. The predicted molar refractivity (Wildman–Crippen MR) is 72.7 cm³/mol. The normalized spacial score (nSPS) is 25.1. The molecule has 0 amide bonds. The van der Waals surface area contributed by atoms with Crippen molar-refractivity contribution < 1.29 is 19.4 Å². The number of rotatable bonds is 4. The summed E-state index contributed by atoms with van der Waals surface area (Å²) in [5, 5.41) is 9.38. The van der Waals surface area contributed by atoms with Gasteiger partial charge in [-0.1, -0.05) is 24.3 Å². The zero-order valence-electron chi connectivity index (χ0n) is 11.0. The van der Waals surface area contributed by atoms with Crippen LogP contribution in [0.1, 0.15) is 17.0 Å². The van der Waals surface area contributed by atoms with Crippen molar-refractivity contribution in [3.8, 4) is 0 Å². The average molecular weight is 283 g/mol. The number of hydrogen-bond acceptors (Lipinski definition) is 3. The molecule has 0 radical (unpaired) electrons. The first-order chi connectivity index (χ1) is 8.83. The maximum absolute atomic E-state index is 12.5. The van der Waals surface area contributed by atoms with Crippen molar-refractivity contribution in [2.75, 3.05) is 20.4 Å². The van der Waals surface area contributed by atoms with Crippen molar-refractivity contribution in [2.24, 2.45) is 0 Å². The summed E-state index contributed by atoms with van der Waals surface area (Å²) >= 11 is 0. The van der Waals surface area contributed by atoms with Crippen LogP contribution < -0.4 is 0 Å². The van der Waals surface area contributed by atoms with Gasteiger partial charge >= 0.3 is 5.97 Å². The molecule has 0 aliphatic heterocycles. The molecule has 3 atom stereocenters. The lowest BCUT2D eigenvalue weighted by Crippen LogP contribution is -2.27. The summed E-state index contributed by atoms with van der Waals surface area (Å²) in [6.07, 6.45) is 0.365. The fourth-order valence-corrected chi connectivity index (χ4v) is 5.01. The summed E-state index contributed by atoms with van der Waals surface area (Å²) in [5.74, 6) is -1.91. The van der Waals surface area contributed by atoms with Gasteiger partial charge in [0.2, 0.25) is 7.37 Å². The molecule has 0 heterocycles. The Hall–Kier alpha value is -1.16. The van der Waals surface area contributed by atoms with E-state index in [1.54, 1.807) is 31.1 Å². The van der Waals surface area contributed by atoms with E-state index in [-0.39, 0.29) is 6.29 Å². The van der Waals surface area contributed by atoms with E-state index in [9.17, 15) is 19.4 Å². The Morgan fingerprint density at radius 3 is 2.63 bits per heavy atom. The molecule has 0 saturated carbocycles. The average Bonchev–Trinajstić information content (AvgIpc) is 2.67. The minimum Gasteiger partial charge on any atom is -0.481 e. The molecule has 2 rings (SSSR count). The first-order valence-corrected chi connectivity index (χ1v) is 8.01. The second-order valence-corrected chi connectivity index (χ2v) is 7.72. The molecule has 2 N–H and O–H groups in total. The van der Waals surface area contributed by atoms with Gasteiger partial charge in [-0.2, -0.15) is 0 Å². The fraction of sp³-hybridized carbons (Fsp3) is 0.462. The molecule has 1 aromatic carbocycles. The number of carbonyl (C=O) groups is 1. The number of aliphatic carboxylic acids is 1. The van der Waals surface area contributed by atoms with Crippen LogP contribution >= 0.6 is 7.37 Å². The van der Waals surface area contributed by atoms with Crippen LogP contribution in [0, 0.1) is 0 Å². The second-order valence-electron chi connectivity index (χ2n) is 5.26. The van der Waals surface area contributed by atoms with Crippen molar-refractivity contribution in [2.45, 2.75) is 18.0 Å². The zero-order valence-corrected chi connectivity index (χ0v) is 11.9. The van der Waals surface area contributed by atoms with Crippen LogP contribution in [0.3, 0.4) is 0 Å². The number of fused-ring (bicyclic) bond motifs is 1. The highest BCUT2D eigenvalue weighted by atomic mass is 31.2. The highest BCUT2D eigenvalue weighted by molar-refractivity contribution is 7.58. The van der Waals surface area contributed by atoms with Crippen molar-refractivity contribution in [1.29, 1.82) is 0 Å². The first kappa shape index (κ1) is 14.3. The van der Waals surface area contributed by atoms with Crippen LogP contribution in [0.25, 0.3) is 0 Å². The molecule has 0 fully saturated rings.